The predicted molar refractivity (Wildman–Crippen MR) is 100 cm³/mol. The third-order valence-corrected chi connectivity index (χ3v) is 4.57. The molecule has 0 aliphatic rings. The number of hydrogen-bond acceptors (Lipinski definition) is 2. The van der Waals surface area contributed by atoms with E-state index in [1.54, 1.807) is 0 Å². The highest BCUT2D eigenvalue weighted by Gasteiger charge is 2.15. The molecule has 1 heterocycles. The van der Waals surface area contributed by atoms with Crippen LogP contribution in [0, 0.1) is 11.3 Å². The summed E-state index contributed by atoms with van der Waals surface area (Å²) in [6.07, 6.45) is 0. The standard InChI is InChI=1S/C21H14ClN3/c22-18-10-4-3-9-17(18)21-24-19-11-5-6-12-20(19)25(21)14-16-8-2-1-7-15(16)13-23/h1-12H,14H2. The fourth-order valence-corrected chi connectivity index (χ4v) is 3.24. The molecule has 1 aromatic heterocycles. The average Bonchev–Trinajstić information content (AvgIpc) is 3.01. The molecule has 0 amide bonds. The van der Waals surface area contributed by atoms with Crippen molar-refractivity contribution in [1.29, 1.82) is 5.26 Å². The molecule has 3 nitrogen and oxygen atoms in total. The van der Waals surface area contributed by atoms with Gasteiger partial charge in [0.05, 0.1) is 34.2 Å². The number of nitrogens with zero attached hydrogens (tertiary/aromatic N) is 3. The lowest BCUT2D eigenvalue weighted by Gasteiger charge is -2.11. The van der Waals surface area contributed by atoms with Crippen molar-refractivity contribution in [2.45, 2.75) is 6.54 Å². The molecule has 4 rings (SSSR count). The van der Waals surface area contributed by atoms with E-state index >= 15 is 0 Å². The number of hydrogen-bond donors (Lipinski definition) is 0. The van der Waals surface area contributed by atoms with Crippen LogP contribution in [0.2, 0.25) is 5.02 Å². The molecule has 0 saturated carbocycles. The lowest BCUT2D eigenvalue weighted by atomic mass is 10.1. The molecule has 0 atom stereocenters. The van der Waals surface area contributed by atoms with Gasteiger partial charge in [-0.1, -0.05) is 54.1 Å². The highest BCUT2D eigenvalue weighted by atomic mass is 35.5. The van der Waals surface area contributed by atoms with Crippen LogP contribution in [-0.4, -0.2) is 9.55 Å². The van der Waals surface area contributed by atoms with Crippen molar-refractivity contribution < 1.29 is 0 Å². The fourth-order valence-electron chi connectivity index (χ4n) is 3.02. The minimum absolute atomic E-state index is 0.560. The van der Waals surface area contributed by atoms with Gasteiger partial charge in [0.25, 0.3) is 0 Å². The maximum absolute atomic E-state index is 9.39. The van der Waals surface area contributed by atoms with E-state index in [-0.39, 0.29) is 0 Å². The number of imidazole rings is 1. The quantitative estimate of drug-likeness (QED) is 0.508. The van der Waals surface area contributed by atoms with Crippen LogP contribution >= 0.6 is 11.6 Å². The van der Waals surface area contributed by atoms with E-state index in [2.05, 4.69) is 10.6 Å². The predicted octanol–water partition coefficient (Wildman–Crippen LogP) is 5.28. The van der Waals surface area contributed by atoms with Crippen LogP contribution in [0.1, 0.15) is 11.1 Å². The van der Waals surface area contributed by atoms with Gasteiger partial charge in [0, 0.05) is 5.56 Å². The van der Waals surface area contributed by atoms with Gasteiger partial charge >= 0.3 is 0 Å². The summed E-state index contributed by atoms with van der Waals surface area (Å²) >= 11 is 6.41. The minimum atomic E-state index is 0.560. The molecular formula is C21H14ClN3. The molecule has 0 fully saturated rings. The molecule has 25 heavy (non-hydrogen) atoms. The molecule has 0 aliphatic heterocycles. The van der Waals surface area contributed by atoms with Gasteiger partial charge in [-0.25, -0.2) is 4.98 Å². The Morgan fingerprint density at radius 3 is 2.48 bits per heavy atom. The Morgan fingerprint density at radius 2 is 1.64 bits per heavy atom. The third kappa shape index (κ3) is 2.77. The SMILES string of the molecule is N#Cc1ccccc1Cn1c(-c2ccccc2Cl)nc2ccccc21. The second-order valence-electron chi connectivity index (χ2n) is 5.76. The van der Waals surface area contributed by atoms with Gasteiger partial charge in [0.2, 0.25) is 0 Å². The topological polar surface area (TPSA) is 41.6 Å². The number of rotatable bonds is 3. The van der Waals surface area contributed by atoms with Crippen molar-refractivity contribution in [2.75, 3.05) is 0 Å². The van der Waals surface area contributed by atoms with Crippen molar-refractivity contribution >= 4 is 22.6 Å². The Labute approximate surface area is 150 Å². The average molecular weight is 344 g/mol. The molecule has 4 heteroatoms. The summed E-state index contributed by atoms with van der Waals surface area (Å²) in [5.41, 5.74) is 4.44. The summed E-state index contributed by atoms with van der Waals surface area (Å²) in [7, 11) is 0. The van der Waals surface area contributed by atoms with Crippen LogP contribution in [0.3, 0.4) is 0 Å². The van der Waals surface area contributed by atoms with Crippen molar-refractivity contribution in [1.82, 2.24) is 9.55 Å². The first-order chi connectivity index (χ1) is 12.3. The molecule has 3 aromatic carbocycles. The van der Waals surface area contributed by atoms with Gasteiger partial charge in [0.1, 0.15) is 5.82 Å². The fraction of sp³-hybridized carbons (Fsp3) is 0.0476. The molecule has 0 unspecified atom stereocenters. The Hall–Kier alpha value is -3.09. The van der Waals surface area contributed by atoms with E-state index in [4.69, 9.17) is 16.6 Å². The van der Waals surface area contributed by atoms with E-state index in [1.807, 2.05) is 72.8 Å². The second-order valence-corrected chi connectivity index (χ2v) is 6.17. The van der Waals surface area contributed by atoms with E-state index < -0.39 is 0 Å². The summed E-state index contributed by atoms with van der Waals surface area (Å²) in [5.74, 6) is 0.805. The van der Waals surface area contributed by atoms with Gasteiger partial charge in [-0.2, -0.15) is 5.26 Å². The number of halogens is 1. The van der Waals surface area contributed by atoms with Crippen LogP contribution in [-0.2, 0) is 6.54 Å². The zero-order chi connectivity index (χ0) is 17.2. The highest BCUT2D eigenvalue weighted by molar-refractivity contribution is 6.33. The van der Waals surface area contributed by atoms with Gasteiger partial charge in [0.15, 0.2) is 0 Å². The van der Waals surface area contributed by atoms with E-state index in [9.17, 15) is 5.26 Å². The Balaban J connectivity index is 1.95. The van der Waals surface area contributed by atoms with Crippen LogP contribution in [0.5, 0.6) is 0 Å². The first kappa shape index (κ1) is 15.4. The lowest BCUT2D eigenvalue weighted by Crippen LogP contribution is -2.04. The normalized spacial score (nSPS) is 10.7. The first-order valence-corrected chi connectivity index (χ1v) is 8.34. The van der Waals surface area contributed by atoms with Crippen LogP contribution in [0.4, 0.5) is 0 Å². The smallest absolute Gasteiger partial charge is 0.142 e. The van der Waals surface area contributed by atoms with Gasteiger partial charge in [-0.05, 0) is 35.9 Å². The number of para-hydroxylation sites is 2. The Bertz CT molecular complexity index is 1110. The zero-order valence-corrected chi connectivity index (χ0v) is 14.1. The van der Waals surface area contributed by atoms with Crippen molar-refractivity contribution in [3.63, 3.8) is 0 Å². The molecule has 0 spiro atoms. The summed E-state index contributed by atoms with van der Waals surface area (Å²) in [4.78, 5) is 4.79. The Morgan fingerprint density at radius 1 is 0.920 bits per heavy atom. The lowest BCUT2D eigenvalue weighted by molar-refractivity contribution is 0.832. The largest absolute Gasteiger partial charge is 0.319 e. The molecule has 0 radical (unpaired) electrons. The van der Waals surface area contributed by atoms with Gasteiger partial charge in [-0.3, -0.25) is 0 Å². The van der Waals surface area contributed by atoms with Gasteiger partial charge < -0.3 is 4.57 Å². The van der Waals surface area contributed by atoms with Crippen molar-refractivity contribution in [3.8, 4) is 17.5 Å². The molecule has 120 valence electrons. The zero-order valence-electron chi connectivity index (χ0n) is 13.4. The number of aromatic nitrogens is 2. The van der Waals surface area contributed by atoms with Crippen LogP contribution in [0.15, 0.2) is 72.8 Å². The number of benzene rings is 3. The van der Waals surface area contributed by atoms with E-state index in [1.165, 1.54) is 0 Å². The maximum Gasteiger partial charge on any atom is 0.142 e. The number of fused-ring (bicyclic) bond motifs is 1. The second kappa shape index (κ2) is 6.43. The molecule has 0 aliphatic carbocycles. The monoisotopic (exact) mass is 343 g/mol. The summed E-state index contributed by atoms with van der Waals surface area (Å²) in [6.45, 7) is 0.560. The van der Waals surface area contributed by atoms with Crippen molar-refractivity contribution in [3.05, 3.63) is 88.9 Å². The van der Waals surface area contributed by atoms with E-state index in [0.29, 0.717) is 17.1 Å². The minimum Gasteiger partial charge on any atom is -0.319 e. The van der Waals surface area contributed by atoms with Crippen molar-refractivity contribution in [2.24, 2.45) is 0 Å². The summed E-state index contributed by atoms with van der Waals surface area (Å²) < 4.78 is 2.12. The van der Waals surface area contributed by atoms with Crippen LogP contribution in [0.25, 0.3) is 22.4 Å². The summed E-state index contributed by atoms with van der Waals surface area (Å²) in [6, 6.07) is 25.6. The first-order valence-electron chi connectivity index (χ1n) is 7.96. The van der Waals surface area contributed by atoms with Crippen LogP contribution < -0.4 is 0 Å². The highest BCUT2D eigenvalue weighted by Crippen LogP contribution is 2.31. The molecule has 0 N–H and O–H groups in total. The number of nitriles is 1. The summed E-state index contributed by atoms with van der Waals surface area (Å²) in [5, 5.41) is 10.1. The Kier molecular flexibility index (Phi) is 3.97. The molecule has 0 saturated heterocycles. The maximum atomic E-state index is 9.39. The van der Waals surface area contributed by atoms with Gasteiger partial charge in [-0.15, -0.1) is 0 Å². The molecule has 0 bridgehead atoms. The molecular weight excluding hydrogens is 330 g/mol. The molecule has 4 aromatic rings. The van der Waals surface area contributed by atoms with E-state index in [0.717, 1.165) is 28.0 Å². The third-order valence-electron chi connectivity index (χ3n) is 4.24.